The molecule has 0 aliphatic rings. The van der Waals surface area contributed by atoms with E-state index in [4.69, 9.17) is 0 Å². The molecule has 0 bridgehead atoms. The fraction of sp³-hybridized carbons (Fsp3) is 0.182. The van der Waals surface area contributed by atoms with Gasteiger partial charge in [0.25, 0.3) is 0 Å². The fourth-order valence-electron chi connectivity index (χ4n) is 2.08. The Morgan fingerprint density at radius 2 is 1.10 bits per heavy atom. The summed E-state index contributed by atoms with van der Waals surface area (Å²) in [6, 6.07) is 11.3. The van der Waals surface area contributed by atoms with Crippen LogP contribution in [0.2, 0.25) is 0 Å². The van der Waals surface area contributed by atoms with Gasteiger partial charge in [0.05, 0.1) is 36.5 Å². The number of aliphatic hydroxyl groups excluding tert-OH is 2. The van der Waals surface area contributed by atoms with Crippen LogP contribution in [-0.4, -0.2) is 35.4 Å². The second-order valence-corrected chi connectivity index (χ2v) is 5.52. The van der Waals surface area contributed by atoms with Gasteiger partial charge in [-0.1, -0.05) is 24.3 Å². The number of esters is 2. The number of ether oxygens (including phenoxy) is 2. The molecule has 0 spiro atoms. The summed E-state index contributed by atoms with van der Waals surface area (Å²) in [5.41, 5.74) is -0.0453. The number of carbonyl (C=O) groups is 2. The molecule has 0 atom stereocenters. The first kappa shape index (κ1) is 27.8. The van der Waals surface area contributed by atoms with Crippen molar-refractivity contribution in [2.45, 2.75) is 13.8 Å². The van der Waals surface area contributed by atoms with Crippen LogP contribution in [0.4, 0.5) is 8.78 Å². The number of benzene rings is 2. The van der Waals surface area contributed by atoms with Crippen LogP contribution in [0.3, 0.4) is 0 Å². The van der Waals surface area contributed by atoms with E-state index in [1.165, 1.54) is 36.4 Å². The number of hydrogen-bond acceptors (Lipinski definition) is 6. The number of hydrogen-bond donors (Lipinski definition) is 2. The smallest absolute Gasteiger partial charge is 0.334 e. The van der Waals surface area contributed by atoms with E-state index >= 15 is 0 Å². The van der Waals surface area contributed by atoms with Crippen LogP contribution >= 0.6 is 0 Å². The quantitative estimate of drug-likeness (QED) is 0.270. The van der Waals surface area contributed by atoms with E-state index in [1.54, 1.807) is 26.0 Å². The summed E-state index contributed by atoms with van der Waals surface area (Å²) in [5, 5.41) is 18.8. The van der Waals surface area contributed by atoms with Gasteiger partial charge in [0.15, 0.2) is 0 Å². The van der Waals surface area contributed by atoms with E-state index in [1.807, 2.05) is 0 Å². The molecule has 0 aliphatic carbocycles. The van der Waals surface area contributed by atoms with Crippen LogP contribution in [0.5, 0.6) is 0 Å². The minimum absolute atomic E-state index is 0. The predicted molar refractivity (Wildman–Crippen MR) is 107 cm³/mol. The number of rotatable bonds is 6. The first-order valence-corrected chi connectivity index (χ1v) is 8.94. The molecule has 0 fully saturated rings. The molecule has 9 heteroatoms. The SMILES string of the molecule is CCOC(=O)C=C(O)c1ccccc1F.CCOC(=O)C=C(O)c1ccccc1F.[Cu]. The summed E-state index contributed by atoms with van der Waals surface area (Å²) < 4.78 is 35.4. The minimum atomic E-state index is -0.696. The Balaban J connectivity index is 0.000000562. The van der Waals surface area contributed by atoms with Gasteiger partial charge in [-0.2, -0.15) is 0 Å². The molecule has 171 valence electrons. The van der Waals surface area contributed by atoms with E-state index < -0.39 is 35.1 Å². The second-order valence-electron chi connectivity index (χ2n) is 5.52. The Labute approximate surface area is 189 Å². The van der Waals surface area contributed by atoms with Crippen molar-refractivity contribution in [3.8, 4) is 0 Å². The molecule has 31 heavy (non-hydrogen) atoms. The maximum Gasteiger partial charge on any atom is 0.334 e. The van der Waals surface area contributed by atoms with E-state index in [0.29, 0.717) is 0 Å². The number of carbonyl (C=O) groups excluding carboxylic acids is 2. The molecule has 0 unspecified atom stereocenters. The van der Waals surface area contributed by atoms with Gasteiger partial charge in [0.1, 0.15) is 23.2 Å². The molecule has 6 nitrogen and oxygen atoms in total. The fourth-order valence-corrected chi connectivity index (χ4v) is 2.08. The van der Waals surface area contributed by atoms with Crippen molar-refractivity contribution in [1.29, 1.82) is 0 Å². The molecule has 0 saturated carbocycles. The zero-order valence-corrected chi connectivity index (χ0v) is 17.7. The van der Waals surface area contributed by atoms with E-state index in [0.717, 1.165) is 12.2 Å². The molecule has 2 N–H and O–H groups in total. The monoisotopic (exact) mass is 483 g/mol. The Morgan fingerprint density at radius 3 is 1.39 bits per heavy atom. The third-order valence-corrected chi connectivity index (χ3v) is 3.38. The summed E-state index contributed by atoms with van der Waals surface area (Å²) in [4.78, 5) is 21.9. The topological polar surface area (TPSA) is 93.1 Å². The van der Waals surface area contributed by atoms with Crippen LogP contribution in [0.15, 0.2) is 60.7 Å². The van der Waals surface area contributed by atoms with Crippen LogP contribution in [0.1, 0.15) is 25.0 Å². The molecule has 0 amide bonds. The predicted octanol–water partition coefficient (Wildman–Crippen LogP) is 4.57. The van der Waals surface area contributed by atoms with E-state index in [2.05, 4.69) is 9.47 Å². The summed E-state index contributed by atoms with van der Waals surface area (Å²) >= 11 is 0. The standard InChI is InChI=1S/2C11H11FO3.Cu/c2*1-2-15-11(14)7-10(13)8-5-3-4-6-9(8)12;/h2*3-7,13H,2H2,1H3;. The van der Waals surface area contributed by atoms with Gasteiger partial charge < -0.3 is 19.7 Å². The van der Waals surface area contributed by atoms with Crippen LogP contribution in [0, 0.1) is 11.6 Å². The van der Waals surface area contributed by atoms with Crippen LogP contribution in [-0.2, 0) is 36.1 Å². The summed E-state index contributed by atoms with van der Waals surface area (Å²) in [6.07, 6.45) is 1.70. The summed E-state index contributed by atoms with van der Waals surface area (Å²) in [5.74, 6) is -3.44. The largest absolute Gasteiger partial charge is 0.507 e. The van der Waals surface area contributed by atoms with Crippen LogP contribution in [0.25, 0.3) is 11.5 Å². The van der Waals surface area contributed by atoms with E-state index in [-0.39, 0.29) is 41.4 Å². The molecular weight excluding hydrogens is 462 g/mol. The molecule has 2 aromatic carbocycles. The maximum absolute atomic E-state index is 13.1. The molecule has 0 aromatic heterocycles. The first-order chi connectivity index (χ1) is 14.3. The van der Waals surface area contributed by atoms with Crippen molar-refractivity contribution in [3.63, 3.8) is 0 Å². The number of halogens is 2. The van der Waals surface area contributed by atoms with Gasteiger partial charge in [0, 0.05) is 17.1 Å². The third-order valence-electron chi connectivity index (χ3n) is 3.38. The molecule has 2 aromatic rings. The van der Waals surface area contributed by atoms with Crippen molar-refractivity contribution in [2.24, 2.45) is 0 Å². The van der Waals surface area contributed by atoms with Crippen LogP contribution < -0.4 is 0 Å². The Hall–Kier alpha value is -3.16. The summed E-state index contributed by atoms with van der Waals surface area (Å²) in [6.45, 7) is 3.71. The van der Waals surface area contributed by atoms with Crippen molar-refractivity contribution in [2.75, 3.05) is 13.2 Å². The third kappa shape index (κ3) is 9.93. The molecule has 1 radical (unpaired) electrons. The average Bonchev–Trinajstić information content (AvgIpc) is 2.69. The Morgan fingerprint density at radius 1 is 0.774 bits per heavy atom. The Kier molecular flexibility index (Phi) is 13.3. The van der Waals surface area contributed by atoms with Gasteiger partial charge in [-0.15, -0.1) is 0 Å². The number of aliphatic hydroxyl groups is 2. The minimum Gasteiger partial charge on any atom is -0.507 e. The molecule has 2 rings (SSSR count). The maximum atomic E-state index is 13.1. The normalized spacial score (nSPS) is 10.8. The molecule has 0 saturated heterocycles. The average molecular weight is 484 g/mol. The van der Waals surface area contributed by atoms with Gasteiger partial charge in [-0.3, -0.25) is 0 Å². The summed E-state index contributed by atoms with van der Waals surface area (Å²) in [7, 11) is 0. The van der Waals surface area contributed by atoms with Gasteiger partial charge in [-0.25, -0.2) is 18.4 Å². The second kappa shape index (κ2) is 14.8. The van der Waals surface area contributed by atoms with Crippen molar-refractivity contribution >= 4 is 23.5 Å². The Bertz CT molecular complexity index is 852. The first-order valence-electron chi connectivity index (χ1n) is 8.94. The zero-order valence-electron chi connectivity index (χ0n) is 16.8. The van der Waals surface area contributed by atoms with Crippen molar-refractivity contribution in [1.82, 2.24) is 0 Å². The van der Waals surface area contributed by atoms with Crippen molar-refractivity contribution in [3.05, 3.63) is 83.4 Å². The van der Waals surface area contributed by atoms with Crippen molar-refractivity contribution < 1.29 is 55.1 Å². The van der Waals surface area contributed by atoms with E-state index in [9.17, 15) is 28.6 Å². The van der Waals surface area contributed by atoms with Gasteiger partial charge >= 0.3 is 11.9 Å². The van der Waals surface area contributed by atoms with Gasteiger partial charge in [-0.05, 0) is 38.1 Å². The molecular formula is C22H22CuF2O6. The van der Waals surface area contributed by atoms with Gasteiger partial charge in [0.2, 0.25) is 0 Å². The zero-order chi connectivity index (χ0) is 22.5. The molecule has 0 heterocycles. The molecule has 0 aliphatic heterocycles.